The molecule has 1 heterocycles. The van der Waals surface area contributed by atoms with Gasteiger partial charge < -0.3 is 5.73 Å². The van der Waals surface area contributed by atoms with E-state index in [-0.39, 0.29) is 17.9 Å². The largest absolute Gasteiger partial charge is 0.384 e. The van der Waals surface area contributed by atoms with Crippen LogP contribution in [-0.4, -0.2) is 33.4 Å². The van der Waals surface area contributed by atoms with E-state index >= 15 is 0 Å². The number of nitrogens with zero attached hydrogens (tertiary/aromatic N) is 3. The number of carbonyl (C=O) groups is 1. The minimum atomic E-state index is -0.683. The summed E-state index contributed by atoms with van der Waals surface area (Å²) in [6, 6.07) is 5.22. The second-order valence-electron chi connectivity index (χ2n) is 6.40. The van der Waals surface area contributed by atoms with Crippen LogP contribution >= 0.6 is 23.2 Å². The highest BCUT2D eigenvalue weighted by Crippen LogP contribution is 2.23. The van der Waals surface area contributed by atoms with Crippen LogP contribution in [0.1, 0.15) is 29.3 Å². The van der Waals surface area contributed by atoms with Crippen LogP contribution in [0.2, 0.25) is 10.0 Å². The number of hydrogen-bond acceptors (Lipinski definition) is 5. The van der Waals surface area contributed by atoms with E-state index in [1.165, 1.54) is 11.6 Å². The molecular weight excluding hydrogens is 391 g/mol. The van der Waals surface area contributed by atoms with Crippen molar-refractivity contribution in [3.63, 3.8) is 0 Å². The van der Waals surface area contributed by atoms with Gasteiger partial charge in [-0.05, 0) is 31.2 Å². The molecule has 2 rings (SSSR count). The highest BCUT2D eigenvalue weighted by Gasteiger charge is 2.22. The number of rotatable bonds is 7. The van der Waals surface area contributed by atoms with Gasteiger partial charge in [-0.15, -0.1) is 0 Å². The van der Waals surface area contributed by atoms with Gasteiger partial charge in [-0.2, -0.15) is 0 Å². The van der Waals surface area contributed by atoms with Crippen molar-refractivity contribution in [3.8, 4) is 0 Å². The first kappa shape index (κ1) is 21.2. The zero-order chi connectivity index (χ0) is 20.3. The van der Waals surface area contributed by atoms with Gasteiger partial charge in [-0.3, -0.25) is 23.6 Å². The van der Waals surface area contributed by atoms with E-state index in [4.69, 9.17) is 28.9 Å². The molecule has 0 saturated heterocycles. The molecule has 2 N–H and O–H groups in total. The summed E-state index contributed by atoms with van der Waals surface area (Å²) < 4.78 is 2.17. The fourth-order valence-corrected chi connectivity index (χ4v) is 3.14. The van der Waals surface area contributed by atoms with Gasteiger partial charge in [0.25, 0.3) is 5.56 Å². The summed E-state index contributed by atoms with van der Waals surface area (Å²) >= 11 is 11.9. The number of anilines is 1. The summed E-state index contributed by atoms with van der Waals surface area (Å²) in [7, 11) is 3.08. The summed E-state index contributed by atoms with van der Waals surface area (Å²) in [5.74, 6) is -0.529. The van der Waals surface area contributed by atoms with Gasteiger partial charge in [0.1, 0.15) is 11.4 Å². The van der Waals surface area contributed by atoms with Crippen molar-refractivity contribution < 1.29 is 4.79 Å². The average molecular weight is 413 g/mol. The molecule has 1 aromatic carbocycles. The Morgan fingerprint density at radius 2 is 1.89 bits per heavy atom. The van der Waals surface area contributed by atoms with Gasteiger partial charge in [0.05, 0.1) is 16.6 Å². The average Bonchev–Trinajstić information content (AvgIpc) is 2.60. The van der Waals surface area contributed by atoms with Crippen LogP contribution in [0.3, 0.4) is 0 Å². The monoisotopic (exact) mass is 412 g/mol. The van der Waals surface area contributed by atoms with Crippen LogP contribution < -0.4 is 17.0 Å². The topological polar surface area (TPSA) is 90.3 Å². The molecule has 0 atom stereocenters. The van der Waals surface area contributed by atoms with E-state index in [0.29, 0.717) is 29.6 Å². The number of likely N-dealkylation sites (N-methyl/N-ethyl adjacent to an activating group) is 1. The molecule has 0 aliphatic rings. The number of nitrogens with two attached hydrogens (primary N) is 1. The number of nitrogen functional groups attached to an aromatic ring is 1. The van der Waals surface area contributed by atoms with Crippen molar-refractivity contribution in [2.45, 2.75) is 26.4 Å². The van der Waals surface area contributed by atoms with Crippen molar-refractivity contribution in [1.29, 1.82) is 0 Å². The maximum atomic E-state index is 12.7. The molecule has 0 aliphatic heterocycles. The molecule has 0 unspecified atom stereocenters. The number of aromatic nitrogens is 2. The van der Waals surface area contributed by atoms with Gasteiger partial charge in [0.15, 0.2) is 5.78 Å². The molecule has 146 valence electrons. The Balaban J connectivity index is 2.28. The SMILES string of the molecule is CCCn1c(N)c(C(=O)CN(C)Cc2ccc(Cl)c(Cl)c2)c(=O)n(C)c1=O. The Kier molecular flexibility index (Phi) is 6.86. The fourth-order valence-electron chi connectivity index (χ4n) is 2.81. The third-order valence-corrected chi connectivity index (χ3v) is 4.90. The third kappa shape index (κ3) is 4.61. The van der Waals surface area contributed by atoms with Crippen LogP contribution in [-0.2, 0) is 20.1 Å². The number of hydrogen-bond donors (Lipinski definition) is 1. The Bertz CT molecular complexity index is 982. The standard InChI is InChI=1S/C18H22Cl2N4O3/c1-4-7-24-16(21)15(17(26)23(3)18(24)27)14(25)10-22(2)9-11-5-6-12(19)13(20)8-11/h5-6,8H,4,7,9-10,21H2,1-3H3. The van der Waals surface area contributed by atoms with E-state index in [1.807, 2.05) is 13.0 Å². The quantitative estimate of drug-likeness (QED) is 0.703. The lowest BCUT2D eigenvalue weighted by Gasteiger charge is -2.18. The van der Waals surface area contributed by atoms with Gasteiger partial charge >= 0.3 is 5.69 Å². The molecule has 2 aromatic rings. The Morgan fingerprint density at radius 1 is 1.22 bits per heavy atom. The van der Waals surface area contributed by atoms with E-state index in [1.54, 1.807) is 24.1 Å². The van der Waals surface area contributed by atoms with Crippen LogP contribution in [0.5, 0.6) is 0 Å². The molecule has 1 aromatic heterocycles. The van der Waals surface area contributed by atoms with Crippen molar-refractivity contribution in [1.82, 2.24) is 14.0 Å². The summed E-state index contributed by atoms with van der Waals surface area (Å²) in [6.45, 7) is 2.60. The molecular formula is C18H22Cl2N4O3. The first-order valence-corrected chi connectivity index (χ1v) is 9.17. The van der Waals surface area contributed by atoms with Crippen molar-refractivity contribution in [2.75, 3.05) is 19.3 Å². The molecule has 0 amide bonds. The summed E-state index contributed by atoms with van der Waals surface area (Å²) in [5.41, 5.74) is 5.48. The van der Waals surface area contributed by atoms with E-state index in [2.05, 4.69) is 0 Å². The predicted molar refractivity (Wildman–Crippen MR) is 108 cm³/mol. The van der Waals surface area contributed by atoms with Crippen LogP contribution in [0, 0.1) is 0 Å². The Morgan fingerprint density at radius 3 is 2.48 bits per heavy atom. The molecule has 0 bridgehead atoms. The zero-order valence-corrected chi connectivity index (χ0v) is 17.0. The normalized spacial score (nSPS) is 11.2. The van der Waals surface area contributed by atoms with Crippen LogP contribution in [0.4, 0.5) is 5.82 Å². The third-order valence-electron chi connectivity index (χ3n) is 4.16. The van der Waals surface area contributed by atoms with Gasteiger partial charge in [-0.1, -0.05) is 36.2 Å². The van der Waals surface area contributed by atoms with Crippen LogP contribution in [0.15, 0.2) is 27.8 Å². The molecule has 0 aliphatic carbocycles. The zero-order valence-electron chi connectivity index (χ0n) is 15.5. The number of Topliss-reactive ketones (excluding diaryl/α,β-unsaturated/α-hetero) is 1. The Labute approximate surface area is 166 Å². The highest BCUT2D eigenvalue weighted by atomic mass is 35.5. The van der Waals surface area contributed by atoms with Crippen LogP contribution in [0.25, 0.3) is 0 Å². The van der Waals surface area contributed by atoms with Gasteiger partial charge in [0.2, 0.25) is 0 Å². The lowest BCUT2D eigenvalue weighted by Crippen LogP contribution is -2.43. The van der Waals surface area contributed by atoms with Crippen molar-refractivity contribution in [2.24, 2.45) is 7.05 Å². The summed E-state index contributed by atoms with van der Waals surface area (Å²) in [6.07, 6.45) is 0.646. The number of benzene rings is 1. The van der Waals surface area contributed by atoms with Crippen molar-refractivity contribution >= 4 is 34.8 Å². The number of ketones is 1. The minimum absolute atomic E-state index is 0.0377. The Hall–Kier alpha value is -2.09. The van der Waals surface area contributed by atoms with E-state index < -0.39 is 17.0 Å². The lowest BCUT2D eigenvalue weighted by atomic mass is 10.1. The van der Waals surface area contributed by atoms with Crippen molar-refractivity contribution in [3.05, 3.63) is 60.2 Å². The molecule has 0 spiro atoms. The first-order chi connectivity index (χ1) is 12.7. The molecule has 9 heteroatoms. The lowest BCUT2D eigenvalue weighted by molar-refractivity contribution is 0.0941. The molecule has 27 heavy (non-hydrogen) atoms. The highest BCUT2D eigenvalue weighted by molar-refractivity contribution is 6.42. The second kappa shape index (κ2) is 8.73. The maximum absolute atomic E-state index is 12.7. The fraction of sp³-hybridized carbons (Fsp3) is 0.389. The molecule has 0 fully saturated rings. The molecule has 7 nitrogen and oxygen atoms in total. The molecule has 0 radical (unpaired) electrons. The number of carbonyl (C=O) groups excluding carboxylic acids is 1. The predicted octanol–water partition coefficient (Wildman–Crippen LogP) is 2.16. The van der Waals surface area contributed by atoms with E-state index in [0.717, 1.165) is 10.1 Å². The van der Waals surface area contributed by atoms with Gasteiger partial charge in [-0.25, -0.2) is 4.79 Å². The first-order valence-electron chi connectivity index (χ1n) is 8.42. The van der Waals surface area contributed by atoms with E-state index in [9.17, 15) is 14.4 Å². The summed E-state index contributed by atoms with van der Waals surface area (Å²) in [5, 5.41) is 0.882. The summed E-state index contributed by atoms with van der Waals surface area (Å²) in [4.78, 5) is 39.1. The molecule has 0 saturated carbocycles. The number of halogens is 2. The van der Waals surface area contributed by atoms with Gasteiger partial charge in [0, 0.05) is 20.1 Å². The second-order valence-corrected chi connectivity index (χ2v) is 7.22. The maximum Gasteiger partial charge on any atom is 0.332 e. The minimum Gasteiger partial charge on any atom is -0.384 e. The smallest absolute Gasteiger partial charge is 0.332 e.